The molecule has 210 valence electrons. The van der Waals surface area contributed by atoms with Gasteiger partial charge in [0.1, 0.15) is 23.9 Å². The van der Waals surface area contributed by atoms with Crippen LogP contribution in [0.4, 0.5) is 0 Å². The number of esters is 2. The average molecular weight is 566 g/mol. The molecule has 1 aliphatic rings. The Morgan fingerprint density at radius 3 is 2.38 bits per heavy atom. The summed E-state index contributed by atoms with van der Waals surface area (Å²) >= 11 is 0. The largest absolute Gasteiger partial charge is 0.468 e. The van der Waals surface area contributed by atoms with Gasteiger partial charge < -0.3 is 13.9 Å². The molecule has 40 heavy (non-hydrogen) atoms. The van der Waals surface area contributed by atoms with Gasteiger partial charge in [0.2, 0.25) is 0 Å². The van der Waals surface area contributed by atoms with Gasteiger partial charge in [-0.3, -0.25) is 14.6 Å². The van der Waals surface area contributed by atoms with Crippen molar-refractivity contribution in [2.24, 2.45) is 10.9 Å². The molecule has 1 aromatic heterocycles. The number of allylic oxidation sites excluding steroid dienone is 1. The number of aliphatic imine (C=N–C) groups is 1. The van der Waals surface area contributed by atoms with Crippen molar-refractivity contribution in [3.8, 4) is 11.3 Å². The van der Waals surface area contributed by atoms with Gasteiger partial charge in [0.05, 0.1) is 23.8 Å². The van der Waals surface area contributed by atoms with Crippen LogP contribution in [0.5, 0.6) is 0 Å². The van der Waals surface area contributed by atoms with Gasteiger partial charge >= 0.3 is 11.9 Å². The van der Waals surface area contributed by atoms with Gasteiger partial charge in [-0.25, -0.2) is 13.2 Å². The number of ether oxygens (including phenoxy) is 2. The van der Waals surface area contributed by atoms with Crippen LogP contribution in [-0.4, -0.2) is 51.3 Å². The zero-order valence-corrected chi connectivity index (χ0v) is 23.8. The molecule has 2 atom stereocenters. The number of methoxy groups -OCH3 is 1. The van der Waals surface area contributed by atoms with Crippen molar-refractivity contribution >= 4 is 38.5 Å². The van der Waals surface area contributed by atoms with E-state index in [0.29, 0.717) is 33.9 Å². The molecule has 10 heteroatoms. The number of benzene rings is 2. The van der Waals surface area contributed by atoms with E-state index in [2.05, 4.69) is 4.99 Å². The third-order valence-corrected chi connectivity index (χ3v) is 8.79. The second kappa shape index (κ2) is 11.6. The highest BCUT2D eigenvalue weighted by molar-refractivity contribution is 7.91. The number of hydrogen-bond donors (Lipinski definition) is 0. The molecule has 0 bridgehead atoms. The fraction of sp³-hybridized carbons (Fsp3) is 0.333. The standard InChI is InChI=1S/C30H31NO8S/c1-6-40(35,36)16-15-38-30(34)24-19(4)31-18(3)23(29(33)37-5)25(24)21-13-10-14-22-26(32)17(2)27(39-28(21)22)20-11-8-7-9-12-20/h7-14,23,25H,6,15-16H2,1-5H3. The molecule has 0 saturated heterocycles. The smallest absolute Gasteiger partial charge is 0.336 e. The maximum Gasteiger partial charge on any atom is 0.336 e. The minimum atomic E-state index is -3.38. The summed E-state index contributed by atoms with van der Waals surface area (Å²) in [5, 5.41) is 0.290. The van der Waals surface area contributed by atoms with E-state index >= 15 is 0 Å². The Kier molecular flexibility index (Phi) is 8.39. The molecular formula is C30H31NO8S. The highest BCUT2D eigenvalue weighted by Crippen LogP contribution is 2.43. The number of sulfone groups is 1. The maximum atomic E-state index is 13.5. The molecule has 2 unspecified atom stereocenters. The molecule has 0 aliphatic carbocycles. The lowest BCUT2D eigenvalue weighted by Crippen LogP contribution is -2.36. The first-order valence-electron chi connectivity index (χ1n) is 12.8. The Morgan fingerprint density at radius 1 is 1.02 bits per heavy atom. The molecule has 1 aliphatic heterocycles. The fourth-order valence-electron chi connectivity index (χ4n) is 5.00. The zero-order chi connectivity index (χ0) is 29.2. The van der Waals surface area contributed by atoms with Crippen LogP contribution in [0.1, 0.15) is 37.8 Å². The fourth-order valence-corrected chi connectivity index (χ4v) is 5.62. The summed E-state index contributed by atoms with van der Waals surface area (Å²) in [4.78, 5) is 44.5. The zero-order valence-electron chi connectivity index (χ0n) is 23.0. The summed E-state index contributed by atoms with van der Waals surface area (Å²) in [7, 11) is -2.13. The third kappa shape index (κ3) is 5.49. The van der Waals surface area contributed by atoms with Gasteiger partial charge in [-0.1, -0.05) is 49.4 Å². The van der Waals surface area contributed by atoms with Crippen molar-refractivity contribution in [2.75, 3.05) is 25.2 Å². The minimum Gasteiger partial charge on any atom is -0.468 e. The number of rotatable bonds is 8. The SMILES string of the molecule is CCS(=O)(=O)CCOC(=O)C1=C(C)N=C(C)C(C(=O)OC)C1c1cccc2c(=O)c(C)c(-c3ccccc3)oc12. The maximum absolute atomic E-state index is 13.5. The summed E-state index contributed by atoms with van der Waals surface area (Å²) in [5.41, 5.74) is 2.28. The Morgan fingerprint density at radius 2 is 1.73 bits per heavy atom. The molecule has 0 saturated carbocycles. The molecule has 0 amide bonds. The van der Waals surface area contributed by atoms with E-state index in [4.69, 9.17) is 13.9 Å². The lowest BCUT2D eigenvalue weighted by molar-refractivity contribution is -0.144. The molecule has 3 aromatic rings. The Bertz CT molecular complexity index is 1700. The van der Waals surface area contributed by atoms with E-state index in [0.717, 1.165) is 0 Å². The number of fused-ring (bicyclic) bond motifs is 1. The van der Waals surface area contributed by atoms with Crippen molar-refractivity contribution in [3.63, 3.8) is 0 Å². The summed E-state index contributed by atoms with van der Waals surface area (Å²) in [5.74, 6) is -3.48. The van der Waals surface area contributed by atoms with Crippen LogP contribution < -0.4 is 5.43 Å². The first kappa shape index (κ1) is 28.9. The Hall–Kier alpha value is -4.05. The van der Waals surface area contributed by atoms with Gasteiger partial charge in [-0.2, -0.15) is 0 Å². The first-order chi connectivity index (χ1) is 19.0. The van der Waals surface area contributed by atoms with E-state index < -0.39 is 33.6 Å². The molecule has 2 aromatic carbocycles. The monoisotopic (exact) mass is 565 g/mol. The molecule has 0 fully saturated rings. The van der Waals surface area contributed by atoms with Crippen LogP contribution in [-0.2, 0) is 28.9 Å². The van der Waals surface area contributed by atoms with Crippen LogP contribution in [0.25, 0.3) is 22.3 Å². The number of para-hydroxylation sites is 1. The average Bonchev–Trinajstić information content (AvgIpc) is 2.94. The number of carbonyl (C=O) groups is 2. The number of carbonyl (C=O) groups excluding carboxylic acids is 2. The second-order valence-corrected chi connectivity index (χ2v) is 12.1. The Labute approximate surface area is 232 Å². The predicted octanol–water partition coefficient (Wildman–Crippen LogP) is 4.37. The normalized spacial score (nSPS) is 17.5. The highest BCUT2D eigenvalue weighted by Gasteiger charge is 2.43. The predicted molar refractivity (Wildman–Crippen MR) is 152 cm³/mol. The summed E-state index contributed by atoms with van der Waals surface area (Å²) in [6.45, 7) is 6.12. The van der Waals surface area contributed by atoms with Crippen LogP contribution in [0.2, 0.25) is 0 Å². The van der Waals surface area contributed by atoms with Gasteiger partial charge in [0.15, 0.2) is 15.3 Å². The second-order valence-electron chi connectivity index (χ2n) is 9.58. The number of nitrogens with zero attached hydrogens (tertiary/aromatic N) is 1. The minimum absolute atomic E-state index is 0.0619. The van der Waals surface area contributed by atoms with Crippen LogP contribution >= 0.6 is 0 Å². The van der Waals surface area contributed by atoms with Crippen molar-refractivity contribution in [1.29, 1.82) is 0 Å². The Balaban J connectivity index is 1.94. The van der Waals surface area contributed by atoms with Gasteiger partial charge in [-0.15, -0.1) is 0 Å². The van der Waals surface area contributed by atoms with E-state index in [1.54, 1.807) is 39.0 Å². The third-order valence-electron chi connectivity index (χ3n) is 7.12. The van der Waals surface area contributed by atoms with Gasteiger partial charge in [0.25, 0.3) is 0 Å². The molecular weight excluding hydrogens is 534 g/mol. The first-order valence-corrected chi connectivity index (χ1v) is 14.7. The van der Waals surface area contributed by atoms with Crippen molar-refractivity contribution in [3.05, 3.63) is 81.2 Å². The van der Waals surface area contributed by atoms with Crippen molar-refractivity contribution in [2.45, 2.75) is 33.6 Å². The number of hydrogen-bond acceptors (Lipinski definition) is 9. The summed E-state index contributed by atoms with van der Waals surface area (Å²) < 4.78 is 40.8. The van der Waals surface area contributed by atoms with Gasteiger partial charge in [0, 0.05) is 39.8 Å². The van der Waals surface area contributed by atoms with Gasteiger partial charge in [-0.05, 0) is 26.8 Å². The molecule has 0 N–H and O–H groups in total. The van der Waals surface area contributed by atoms with Crippen molar-refractivity contribution in [1.82, 2.24) is 0 Å². The highest BCUT2D eigenvalue weighted by atomic mass is 32.2. The lowest BCUT2D eigenvalue weighted by atomic mass is 9.75. The van der Waals surface area contributed by atoms with E-state index in [9.17, 15) is 22.8 Å². The van der Waals surface area contributed by atoms with Crippen molar-refractivity contribution < 1.29 is 31.9 Å². The molecule has 2 heterocycles. The summed E-state index contributed by atoms with van der Waals surface area (Å²) in [6.07, 6.45) is 0. The van der Waals surface area contributed by atoms with Crippen LogP contribution in [0.15, 0.2) is 74.0 Å². The van der Waals surface area contributed by atoms with E-state index in [1.165, 1.54) is 14.0 Å². The van der Waals surface area contributed by atoms with Crippen LogP contribution in [0.3, 0.4) is 0 Å². The van der Waals surface area contributed by atoms with E-state index in [1.807, 2.05) is 30.3 Å². The lowest BCUT2D eigenvalue weighted by Gasteiger charge is -2.31. The van der Waals surface area contributed by atoms with Crippen LogP contribution in [0, 0.1) is 12.8 Å². The molecule has 0 radical (unpaired) electrons. The quantitative estimate of drug-likeness (QED) is 0.368. The molecule has 0 spiro atoms. The molecule has 4 rings (SSSR count). The van der Waals surface area contributed by atoms with E-state index in [-0.39, 0.29) is 40.1 Å². The summed E-state index contributed by atoms with van der Waals surface area (Å²) in [6, 6.07) is 14.2. The topological polar surface area (TPSA) is 129 Å². The molecule has 9 nitrogen and oxygen atoms in total.